The lowest BCUT2D eigenvalue weighted by Gasteiger charge is -2.23. The summed E-state index contributed by atoms with van der Waals surface area (Å²) in [5.74, 6) is 2.67. The summed E-state index contributed by atoms with van der Waals surface area (Å²) in [7, 11) is 1.43. The lowest BCUT2D eigenvalue weighted by molar-refractivity contribution is 0.573. The second-order valence-electron chi connectivity index (χ2n) is 5.31. The molecule has 1 rings (SSSR count). The van der Waals surface area contributed by atoms with E-state index in [2.05, 4.69) is 11.2 Å². The molecule has 0 unspecified atom stereocenters. The van der Waals surface area contributed by atoms with Crippen molar-refractivity contribution in [1.29, 1.82) is 0 Å². The third-order valence-electron chi connectivity index (χ3n) is 3.12. The van der Waals surface area contributed by atoms with Crippen LogP contribution >= 0.6 is 0 Å². The highest BCUT2D eigenvalue weighted by atomic mass is 16.2. The van der Waals surface area contributed by atoms with Crippen LogP contribution in [0.1, 0.15) is 33.6 Å². The van der Waals surface area contributed by atoms with Crippen molar-refractivity contribution < 1.29 is 0 Å². The zero-order valence-electron chi connectivity index (χ0n) is 12.5. The fourth-order valence-electron chi connectivity index (χ4n) is 1.78. The van der Waals surface area contributed by atoms with Gasteiger partial charge >= 0.3 is 5.69 Å². The van der Waals surface area contributed by atoms with Crippen molar-refractivity contribution in [2.24, 2.45) is 7.05 Å². The van der Waals surface area contributed by atoms with Gasteiger partial charge in [-0.05, 0) is 20.3 Å². The van der Waals surface area contributed by atoms with Gasteiger partial charge in [0.15, 0.2) is 0 Å². The molecule has 6 heteroatoms. The first-order valence-electron chi connectivity index (χ1n) is 6.60. The number of terminal acetylenes is 1. The van der Waals surface area contributed by atoms with Crippen molar-refractivity contribution in [2.75, 3.05) is 11.1 Å². The van der Waals surface area contributed by atoms with Crippen LogP contribution in [-0.2, 0) is 13.6 Å². The summed E-state index contributed by atoms with van der Waals surface area (Å²) in [6.07, 6.45) is 7.14. The van der Waals surface area contributed by atoms with Crippen molar-refractivity contribution in [1.82, 2.24) is 9.13 Å². The van der Waals surface area contributed by atoms with Crippen LogP contribution in [0.25, 0.3) is 0 Å². The van der Waals surface area contributed by atoms with Gasteiger partial charge in [-0.25, -0.2) is 4.79 Å². The van der Waals surface area contributed by atoms with E-state index in [1.807, 2.05) is 6.92 Å². The van der Waals surface area contributed by atoms with Gasteiger partial charge in [0.1, 0.15) is 11.5 Å². The summed E-state index contributed by atoms with van der Waals surface area (Å²) in [6.45, 7) is 6.00. The van der Waals surface area contributed by atoms with Crippen molar-refractivity contribution >= 4 is 11.5 Å². The van der Waals surface area contributed by atoms with E-state index in [9.17, 15) is 9.59 Å². The van der Waals surface area contributed by atoms with Gasteiger partial charge in [0.25, 0.3) is 5.56 Å². The van der Waals surface area contributed by atoms with Gasteiger partial charge in [-0.1, -0.05) is 19.3 Å². The Balaban J connectivity index is 3.46. The predicted molar refractivity (Wildman–Crippen MR) is 81.8 cm³/mol. The molecule has 20 heavy (non-hydrogen) atoms. The minimum absolute atomic E-state index is 0.134. The van der Waals surface area contributed by atoms with Crippen LogP contribution in [-0.4, -0.2) is 14.7 Å². The number of nitrogens with zero attached hydrogens (tertiary/aromatic N) is 2. The van der Waals surface area contributed by atoms with E-state index in [-0.39, 0.29) is 11.5 Å². The Morgan fingerprint density at radius 1 is 1.40 bits per heavy atom. The Kier molecular flexibility index (Phi) is 4.66. The van der Waals surface area contributed by atoms with Gasteiger partial charge in [0, 0.05) is 13.6 Å². The van der Waals surface area contributed by atoms with E-state index < -0.39 is 16.8 Å². The lowest BCUT2D eigenvalue weighted by Crippen LogP contribution is -2.43. The lowest BCUT2D eigenvalue weighted by atomic mass is 10.1. The monoisotopic (exact) mass is 278 g/mol. The molecule has 0 fully saturated rings. The molecule has 6 nitrogen and oxygen atoms in total. The second-order valence-corrected chi connectivity index (χ2v) is 5.31. The summed E-state index contributed by atoms with van der Waals surface area (Å²) < 4.78 is 2.45. The van der Waals surface area contributed by atoms with Crippen LogP contribution in [0.2, 0.25) is 0 Å². The number of nitrogens with one attached hydrogen (secondary N) is 1. The highest BCUT2D eigenvalue weighted by molar-refractivity contribution is 5.62. The van der Waals surface area contributed by atoms with Gasteiger partial charge in [-0.15, -0.1) is 6.42 Å². The van der Waals surface area contributed by atoms with E-state index in [0.717, 1.165) is 17.4 Å². The molecule has 0 atom stereocenters. The summed E-state index contributed by atoms with van der Waals surface area (Å²) in [5.41, 5.74) is 4.54. The Morgan fingerprint density at radius 2 is 2.00 bits per heavy atom. The fourth-order valence-corrected chi connectivity index (χ4v) is 1.78. The first kappa shape index (κ1) is 15.9. The molecule has 110 valence electrons. The quantitative estimate of drug-likeness (QED) is 0.779. The van der Waals surface area contributed by atoms with Crippen molar-refractivity contribution in [3.05, 3.63) is 20.8 Å². The molecule has 0 radical (unpaired) electrons. The number of anilines is 2. The minimum Gasteiger partial charge on any atom is -0.383 e. The van der Waals surface area contributed by atoms with Gasteiger partial charge < -0.3 is 11.1 Å². The Labute approximate surface area is 118 Å². The van der Waals surface area contributed by atoms with Crippen LogP contribution in [0, 0.1) is 12.3 Å². The summed E-state index contributed by atoms with van der Waals surface area (Å²) in [5, 5.41) is 2.94. The normalized spacial score (nSPS) is 11.2. The Bertz CT molecular complexity index is 647. The smallest absolute Gasteiger partial charge is 0.332 e. The van der Waals surface area contributed by atoms with Crippen molar-refractivity contribution in [2.45, 2.75) is 45.7 Å². The number of unbranched alkanes of at least 4 members (excludes halogenated alkanes) is 1. The van der Waals surface area contributed by atoms with E-state index >= 15 is 0 Å². The average Bonchev–Trinajstić information content (AvgIpc) is 2.41. The van der Waals surface area contributed by atoms with Crippen LogP contribution in [0.15, 0.2) is 9.59 Å². The topological polar surface area (TPSA) is 82.0 Å². The van der Waals surface area contributed by atoms with Crippen LogP contribution in [0.5, 0.6) is 0 Å². The summed E-state index contributed by atoms with van der Waals surface area (Å²) >= 11 is 0. The van der Waals surface area contributed by atoms with Crippen molar-refractivity contribution in [3.8, 4) is 12.3 Å². The molecule has 0 saturated heterocycles. The molecule has 0 bridgehead atoms. The maximum atomic E-state index is 12.2. The zero-order chi connectivity index (χ0) is 15.5. The molecule has 0 aromatic carbocycles. The highest BCUT2D eigenvalue weighted by Gasteiger charge is 2.21. The Morgan fingerprint density at radius 3 is 2.50 bits per heavy atom. The number of aromatic nitrogens is 2. The van der Waals surface area contributed by atoms with Gasteiger partial charge in [-0.3, -0.25) is 13.9 Å². The summed E-state index contributed by atoms with van der Waals surface area (Å²) in [4.78, 5) is 24.3. The number of hydrogen-bond donors (Lipinski definition) is 2. The van der Waals surface area contributed by atoms with Crippen molar-refractivity contribution in [3.63, 3.8) is 0 Å². The SMILES string of the molecule is C#CC(C)(C)Nc1c(N)n(CCCC)c(=O)n(C)c1=O. The van der Waals surface area contributed by atoms with E-state index in [1.165, 1.54) is 11.6 Å². The molecule has 0 aliphatic rings. The zero-order valence-corrected chi connectivity index (χ0v) is 12.5. The number of nitrogen functional groups attached to an aromatic ring is 1. The molecule has 1 aromatic rings. The van der Waals surface area contributed by atoms with Gasteiger partial charge in [0.05, 0.1) is 5.54 Å². The molecule has 0 aliphatic heterocycles. The maximum absolute atomic E-state index is 12.2. The van der Waals surface area contributed by atoms with Gasteiger partial charge in [0.2, 0.25) is 0 Å². The number of nitrogens with two attached hydrogens (primary N) is 1. The Hall–Kier alpha value is -2.16. The van der Waals surface area contributed by atoms with Crippen LogP contribution in [0.3, 0.4) is 0 Å². The predicted octanol–water partition coefficient (Wildman–Crippen LogP) is 0.753. The first-order valence-corrected chi connectivity index (χ1v) is 6.60. The van der Waals surface area contributed by atoms with E-state index in [1.54, 1.807) is 13.8 Å². The number of rotatable bonds is 5. The molecule has 1 aromatic heterocycles. The molecular weight excluding hydrogens is 256 g/mol. The van der Waals surface area contributed by atoms with Crippen LogP contribution < -0.4 is 22.3 Å². The highest BCUT2D eigenvalue weighted by Crippen LogP contribution is 2.16. The minimum atomic E-state index is -0.729. The third kappa shape index (κ3) is 3.05. The molecule has 0 aliphatic carbocycles. The molecule has 1 heterocycles. The van der Waals surface area contributed by atoms with E-state index in [0.29, 0.717) is 6.54 Å². The second kappa shape index (κ2) is 5.87. The third-order valence-corrected chi connectivity index (χ3v) is 3.12. The largest absolute Gasteiger partial charge is 0.383 e. The first-order chi connectivity index (χ1) is 9.25. The maximum Gasteiger partial charge on any atom is 0.332 e. The molecule has 0 saturated carbocycles. The molecule has 0 spiro atoms. The average molecular weight is 278 g/mol. The summed E-state index contributed by atoms with van der Waals surface area (Å²) in [6, 6.07) is 0. The molecule has 3 N–H and O–H groups in total. The molecule has 0 amide bonds. The fraction of sp³-hybridized carbons (Fsp3) is 0.571. The van der Waals surface area contributed by atoms with E-state index in [4.69, 9.17) is 12.2 Å². The standard InChI is InChI=1S/C14H22N4O2/c1-6-8-9-18-11(15)10(16-14(3,4)7-2)12(19)17(5)13(18)20/h2,16H,6,8-9,15H2,1,3-5H3. The number of hydrogen-bond acceptors (Lipinski definition) is 4. The van der Waals surface area contributed by atoms with Gasteiger partial charge in [-0.2, -0.15) is 0 Å². The molecular formula is C14H22N4O2. The van der Waals surface area contributed by atoms with Crippen LogP contribution in [0.4, 0.5) is 11.5 Å².